The summed E-state index contributed by atoms with van der Waals surface area (Å²) in [5.74, 6) is -0.0366. The fourth-order valence-corrected chi connectivity index (χ4v) is 3.63. The lowest BCUT2D eigenvalue weighted by atomic mass is 10.2. The molecular weight excluding hydrogens is 294 g/mol. The zero-order valence-electron chi connectivity index (χ0n) is 11.8. The number of carbonyl (C=O) groups is 1. The van der Waals surface area contributed by atoms with Gasteiger partial charge in [-0.25, -0.2) is 0 Å². The van der Waals surface area contributed by atoms with Crippen LogP contribution in [0.5, 0.6) is 0 Å². The molecule has 22 heavy (non-hydrogen) atoms. The molecule has 0 fully saturated rings. The Hall–Kier alpha value is -2.37. The summed E-state index contributed by atoms with van der Waals surface area (Å²) in [4.78, 5) is 12.4. The maximum absolute atomic E-state index is 12.4. The average Bonchev–Trinajstić information content (AvgIpc) is 3.18. The van der Waals surface area contributed by atoms with E-state index in [0.29, 0.717) is 6.54 Å². The lowest BCUT2D eigenvalue weighted by Gasteiger charge is -2.19. The first-order valence-corrected chi connectivity index (χ1v) is 8.04. The van der Waals surface area contributed by atoms with Crippen LogP contribution >= 0.6 is 11.3 Å². The Morgan fingerprint density at radius 3 is 2.86 bits per heavy atom. The van der Waals surface area contributed by atoms with Crippen LogP contribution in [0.3, 0.4) is 0 Å². The van der Waals surface area contributed by atoms with Crippen molar-refractivity contribution in [2.45, 2.75) is 12.7 Å². The van der Waals surface area contributed by atoms with Crippen molar-refractivity contribution in [1.29, 1.82) is 0 Å². The number of benzene rings is 1. The van der Waals surface area contributed by atoms with Crippen LogP contribution in [0.2, 0.25) is 0 Å². The Morgan fingerprint density at radius 1 is 1.14 bits per heavy atom. The Morgan fingerprint density at radius 2 is 2.00 bits per heavy atom. The molecule has 4 nitrogen and oxygen atoms in total. The molecule has 2 aromatic heterocycles. The second kappa shape index (κ2) is 5.44. The van der Waals surface area contributed by atoms with Crippen molar-refractivity contribution >= 4 is 17.2 Å². The van der Waals surface area contributed by atoms with Gasteiger partial charge in [0.05, 0.1) is 11.3 Å². The summed E-state index contributed by atoms with van der Waals surface area (Å²) in [5.41, 5.74) is 2.96. The van der Waals surface area contributed by atoms with E-state index in [-0.39, 0.29) is 12.1 Å². The first-order chi connectivity index (χ1) is 10.8. The van der Waals surface area contributed by atoms with Gasteiger partial charge in [0.25, 0.3) is 5.91 Å². The number of rotatable bonds is 3. The molecule has 3 aromatic rings. The topological polar surface area (TPSA) is 46.1 Å². The fraction of sp³-hybridized carbons (Fsp3) is 0.118. The molecule has 1 aliphatic rings. The molecule has 2 N–H and O–H groups in total. The standard InChI is InChI=1S/C17H15N3OS/c21-16-13-8-10-22-17(13)20-9-4-7-14(20)15(19-16)18-11-12-5-2-1-3-6-12/h1-10,15,18H,11H2,(H,19,21). The van der Waals surface area contributed by atoms with Crippen molar-refractivity contribution in [2.24, 2.45) is 0 Å². The summed E-state index contributed by atoms with van der Waals surface area (Å²) in [6.07, 6.45) is 1.80. The van der Waals surface area contributed by atoms with Crippen molar-refractivity contribution in [2.75, 3.05) is 0 Å². The number of fused-ring (bicyclic) bond motifs is 3. The highest BCUT2D eigenvalue weighted by molar-refractivity contribution is 7.13. The average molecular weight is 309 g/mol. The molecule has 0 radical (unpaired) electrons. The zero-order valence-corrected chi connectivity index (χ0v) is 12.6. The second-order valence-electron chi connectivity index (χ2n) is 5.22. The molecule has 1 aliphatic heterocycles. The molecule has 0 aliphatic carbocycles. The van der Waals surface area contributed by atoms with E-state index in [1.807, 2.05) is 48.0 Å². The molecule has 4 rings (SSSR count). The van der Waals surface area contributed by atoms with Crippen molar-refractivity contribution in [3.63, 3.8) is 0 Å². The van der Waals surface area contributed by atoms with Gasteiger partial charge in [0.15, 0.2) is 0 Å². The highest BCUT2D eigenvalue weighted by Gasteiger charge is 2.26. The van der Waals surface area contributed by atoms with Crippen LogP contribution < -0.4 is 10.6 Å². The minimum absolute atomic E-state index is 0.0366. The van der Waals surface area contributed by atoms with E-state index in [2.05, 4.69) is 27.3 Å². The Bertz CT molecular complexity index is 806. The van der Waals surface area contributed by atoms with Gasteiger partial charge in [-0.1, -0.05) is 30.3 Å². The van der Waals surface area contributed by atoms with Gasteiger partial charge in [-0.05, 0) is 29.1 Å². The van der Waals surface area contributed by atoms with E-state index >= 15 is 0 Å². The molecule has 1 atom stereocenters. The van der Waals surface area contributed by atoms with Gasteiger partial charge in [0.1, 0.15) is 11.2 Å². The molecule has 1 amide bonds. The minimum Gasteiger partial charge on any atom is -0.331 e. The number of nitrogens with one attached hydrogen (secondary N) is 2. The normalized spacial score (nSPS) is 16.5. The van der Waals surface area contributed by atoms with Gasteiger partial charge in [-0.15, -0.1) is 11.3 Å². The first kappa shape index (κ1) is 13.3. The summed E-state index contributed by atoms with van der Waals surface area (Å²) < 4.78 is 2.08. The second-order valence-corrected chi connectivity index (χ2v) is 6.11. The maximum atomic E-state index is 12.4. The Labute approximate surface area is 132 Å². The molecule has 1 aromatic carbocycles. The number of nitrogens with zero attached hydrogens (tertiary/aromatic N) is 1. The molecule has 0 spiro atoms. The van der Waals surface area contributed by atoms with Crippen LogP contribution in [0.4, 0.5) is 0 Å². The summed E-state index contributed by atoms with van der Waals surface area (Å²) in [5, 5.41) is 9.42. The van der Waals surface area contributed by atoms with E-state index < -0.39 is 0 Å². The highest BCUT2D eigenvalue weighted by Crippen LogP contribution is 2.29. The molecule has 0 saturated heterocycles. The van der Waals surface area contributed by atoms with E-state index in [0.717, 1.165) is 16.3 Å². The number of hydrogen-bond donors (Lipinski definition) is 2. The largest absolute Gasteiger partial charge is 0.331 e. The Kier molecular flexibility index (Phi) is 3.29. The number of aromatic nitrogens is 1. The summed E-state index contributed by atoms with van der Waals surface area (Å²) in [7, 11) is 0. The van der Waals surface area contributed by atoms with Gasteiger partial charge >= 0.3 is 0 Å². The highest BCUT2D eigenvalue weighted by atomic mass is 32.1. The lowest BCUT2D eigenvalue weighted by Crippen LogP contribution is -2.37. The molecule has 1 unspecified atom stereocenters. The van der Waals surface area contributed by atoms with Crippen LogP contribution in [0.1, 0.15) is 27.8 Å². The number of carbonyl (C=O) groups excluding carboxylic acids is 1. The predicted molar refractivity (Wildman–Crippen MR) is 87.1 cm³/mol. The zero-order chi connectivity index (χ0) is 14.9. The van der Waals surface area contributed by atoms with Crippen molar-refractivity contribution in [1.82, 2.24) is 15.2 Å². The fourth-order valence-electron chi connectivity index (χ4n) is 2.73. The molecular formula is C17H15N3OS. The van der Waals surface area contributed by atoms with Gasteiger partial charge in [-0.2, -0.15) is 0 Å². The van der Waals surface area contributed by atoms with Crippen LogP contribution in [-0.4, -0.2) is 10.5 Å². The van der Waals surface area contributed by atoms with Crippen LogP contribution in [0, 0.1) is 0 Å². The number of hydrogen-bond acceptors (Lipinski definition) is 3. The van der Waals surface area contributed by atoms with E-state index in [1.54, 1.807) is 11.3 Å². The SMILES string of the molecule is O=C1NC(NCc2ccccc2)c2cccn2-c2sccc21. The molecule has 0 saturated carbocycles. The molecule has 110 valence electrons. The van der Waals surface area contributed by atoms with Crippen LogP contribution in [0.25, 0.3) is 5.00 Å². The van der Waals surface area contributed by atoms with E-state index in [4.69, 9.17) is 0 Å². The quantitative estimate of drug-likeness (QED) is 0.781. The van der Waals surface area contributed by atoms with E-state index in [9.17, 15) is 4.79 Å². The summed E-state index contributed by atoms with van der Waals surface area (Å²) in [6.45, 7) is 0.699. The van der Waals surface area contributed by atoms with Crippen LogP contribution in [-0.2, 0) is 6.54 Å². The van der Waals surface area contributed by atoms with E-state index in [1.165, 1.54) is 5.56 Å². The third kappa shape index (κ3) is 2.24. The van der Waals surface area contributed by atoms with Crippen LogP contribution in [0.15, 0.2) is 60.1 Å². The van der Waals surface area contributed by atoms with Crippen molar-refractivity contribution in [3.05, 3.63) is 76.9 Å². The minimum atomic E-state index is -0.206. The number of amides is 1. The molecule has 3 heterocycles. The number of thiophene rings is 1. The third-order valence-electron chi connectivity index (χ3n) is 3.81. The van der Waals surface area contributed by atoms with Crippen molar-refractivity contribution in [3.8, 4) is 5.00 Å². The predicted octanol–water partition coefficient (Wildman–Crippen LogP) is 3.07. The smallest absolute Gasteiger partial charge is 0.255 e. The molecule has 5 heteroatoms. The lowest BCUT2D eigenvalue weighted by molar-refractivity contribution is 0.0931. The first-order valence-electron chi connectivity index (χ1n) is 7.16. The third-order valence-corrected chi connectivity index (χ3v) is 4.72. The monoisotopic (exact) mass is 309 g/mol. The summed E-state index contributed by atoms with van der Waals surface area (Å²) >= 11 is 1.58. The van der Waals surface area contributed by atoms with Gasteiger partial charge < -0.3 is 9.88 Å². The Balaban J connectivity index is 1.64. The maximum Gasteiger partial charge on any atom is 0.255 e. The summed E-state index contributed by atoms with van der Waals surface area (Å²) in [6, 6.07) is 16.1. The molecule has 0 bridgehead atoms. The van der Waals surface area contributed by atoms with Gasteiger partial charge in [-0.3, -0.25) is 10.1 Å². The van der Waals surface area contributed by atoms with Crippen molar-refractivity contribution < 1.29 is 4.79 Å². The van der Waals surface area contributed by atoms with Gasteiger partial charge in [0, 0.05) is 12.7 Å². The van der Waals surface area contributed by atoms with Gasteiger partial charge in [0.2, 0.25) is 0 Å².